The molecule has 132 valence electrons. The lowest BCUT2D eigenvalue weighted by molar-refractivity contribution is -0.123. The first-order valence-electron chi connectivity index (χ1n) is 8.03. The van der Waals surface area contributed by atoms with Gasteiger partial charge in [0.15, 0.2) is 6.61 Å². The number of rotatable bonds is 7. The summed E-state index contributed by atoms with van der Waals surface area (Å²) in [6, 6.07) is 15.1. The van der Waals surface area contributed by atoms with Crippen LogP contribution in [-0.2, 0) is 14.8 Å². The topological polar surface area (TPSA) is 75.7 Å². The van der Waals surface area contributed by atoms with Gasteiger partial charge in [-0.05, 0) is 49.2 Å². The van der Waals surface area contributed by atoms with Crippen LogP contribution in [0.5, 0.6) is 5.75 Å². The molecule has 2 aromatic rings. The molecule has 1 aliphatic carbocycles. The van der Waals surface area contributed by atoms with Crippen LogP contribution in [0, 0.1) is 0 Å². The summed E-state index contributed by atoms with van der Waals surface area (Å²) < 4.78 is 31.8. The molecule has 1 aliphatic rings. The highest BCUT2D eigenvalue weighted by molar-refractivity contribution is 7.92. The van der Waals surface area contributed by atoms with Crippen molar-refractivity contribution in [1.29, 1.82) is 0 Å². The first-order chi connectivity index (χ1) is 12.0. The number of nitrogens with one attached hydrogen (secondary N) is 1. The van der Waals surface area contributed by atoms with E-state index in [2.05, 4.69) is 5.32 Å². The van der Waals surface area contributed by atoms with E-state index >= 15 is 0 Å². The summed E-state index contributed by atoms with van der Waals surface area (Å²) in [5.74, 6) is 0.371. The molecule has 0 saturated heterocycles. The lowest BCUT2D eigenvalue weighted by atomic mass is 10.3. The summed E-state index contributed by atoms with van der Waals surface area (Å²) in [7, 11) is -2.11. The van der Waals surface area contributed by atoms with E-state index in [1.165, 1.54) is 11.4 Å². The van der Waals surface area contributed by atoms with E-state index in [1.54, 1.807) is 54.6 Å². The van der Waals surface area contributed by atoms with Gasteiger partial charge in [-0.2, -0.15) is 0 Å². The molecule has 0 unspecified atom stereocenters. The van der Waals surface area contributed by atoms with Crippen molar-refractivity contribution in [3.63, 3.8) is 0 Å². The quantitative estimate of drug-likeness (QED) is 0.821. The molecule has 1 N–H and O–H groups in total. The molecule has 25 heavy (non-hydrogen) atoms. The van der Waals surface area contributed by atoms with Gasteiger partial charge in [0.1, 0.15) is 5.75 Å². The third-order valence-corrected chi connectivity index (χ3v) is 5.71. The Labute approximate surface area is 147 Å². The summed E-state index contributed by atoms with van der Waals surface area (Å²) in [6.45, 7) is -0.0476. The van der Waals surface area contributed by atoms with E-state index in [9.17, 15) is 13.2 Å². The minimum absolute atomic E-state index is 0.0476. The van der Waals surface area contributed by atoms with Gasteiger partial charge in [0.2, 0.25) is 0 Å². The predicted octanol–water partition coefficient (Wildman–Crippen LogP) is 2.17. The van der Waals surface area contributed by atoms with Crippen molar-refractivity contribution in [3.05, 3.63) is 54.6 Å². The molecular formula is C18H20N2O4S. The molecule has 0 bridgehead atoms. The van der Waals surface area contributed by atoms with Crippen LogP contribution in [0.1, 0.15) is 12.8 Å². The van der Waals surface area contributed by atoms with Crippen LogP contribution in [0.4, 0.5) is 5.69 Å². The van der Waals surface area contributed by atoms with Gasteiger partial charge in [-0.3, -0.25) is 9.10 Å². The molecule has 0 heterocycles. The van der Waals surface area contributed by atoms with E-state index in [0.717, 1.165) is 12.8 Å². The maximum atomic E-state index is 12.6. The number of amides is 1. The molecule has 6 nitrogen and oxygen atoms in total. The molecule has 7 heteroatoms. The molecule has 1 fully saturated rings. The van der Waals surface area contributed by atoms with Crippen molar-refractivity contribution in [2.45, 2.75) is 23.8 Å². The highest BCUT2D eigenvalue weighted by Crippen LogP contribution is 2.24. The first kappa shape index (κ1) is 17.3. The average Bonchev–Trinajstić information content (AvgIpc) is 3.44. The zero-order chi connectivity index (χ0) is 17.9. The summed E-state index contributed by atoms with van der Waals surface area (Å²) in [4.78, 5) is 11.8. The smallest absolute Gasteiger partial charge is 0.264 e. The van der Waals surface area contributed by atoms with Gasteiger partial charge in [-0.25, -0.2) is 8.42 Å². The molecule has 0 spiro atoms. The van der Waals surface area contributed by atoms with Crippen molar-refractivity contribution in [1.82, 2.24) is 5.32 Å². The normalized spacial score (nSPS) is 14.0. The molecule has 0 aliphatic heterocycles. The monoisotopic (exact) mass is 360 g/mol. The molecule has 1 saturated carbocycles. The SMILES string of the molecule is CN(c1ccc(OCC(=O)NC2CC2)cc1)S(=O)(=O)c1ccccc1. The second kappa shape index (κ2) is 7.14. The number of sulfonamides is 1. The third-order valence-electron chi connectivity index (χ3n) is 3.91. The highest BCUT2D eigenvalue weighted by Gasteiger charge is 2.23. The fourth-order valence-corrected chi connectivity index (χ4v) is 3.50. The molecule has 0 aromatic heterocycles. The Balaban J connectivity index is 1.64. The van der Waals surface area contributed by atoms with E-state index in [-0.39, 0.29) is 17.4 Å². The summed E-state index contributed by atoms with van der Waals surface area (Å²) in [5, 5.41) is 2.84. The largest absolute Gasteiger partial charge is 0.484 e. The number of ether oxygens (including phenoxy) is 1. The molecule has 1 amide bonds. The zero-order valence-corrected chi connectivity index (χ0v) is 14.7. The van der Waals surface area contributed by atoms with Gasteiger partial charge < -0.3 is 10.1 Å². The summed E-state index contributed by atoms with van der Waals surface area (Å²) in [6.07, 6.45) is 2.06. The second-order valence-electron chi connectivity index (χ2n) is 5.91. The molecule has 3 rings (SSSR count). The number of anilines is 1. The van der Waals surface area contributed by atoms with Gasteiger partial charge in [-0.1, -0.05) is 18.2 Å². The molecule has 2 aromatic carbocycles. The van der Waals surface area contributed by atoms with E-state index in [0.29, 0.717) is 17.5 Å². The molecule has 0 radical (unpaired) electrons. The van der Waals surface area contributed by atoms with Crippen molar-refractivity contribution < 1.29 is 17.9 Å². The van der Waals surface area contributed by atoms with Gasteiger partial charge in [0, 0.05) is 13.1 Å². The van der Waals surface area contributed by atoms with Crippen LogP contribution >= 0.6 is 0 Å². The van der Waals surface area contributed by atoms with Crippen LogP contribution in [0.25, 0.3) is 0 Å². The Morgan fingerprint density at radius 1 is 1.12 bits per heavy atom. The molecular weight excluding hydrogens is 340 g/mol. The fraction of sp³-hybridized carbons (Fsp3) is 0.278. The highest BCUT2D eigenvalue weighted by atomic mass is 32.2. The number of hydrogen-bond donors (Lipinski definition) is 1. The Morgan fingerprint density at radius 3 is 2.36 bits per heavy atom. The maximum Gasteiger partial charge on any atom is 0.264 e. The van der Waals surface area contributed by atoms with Crippen molar-refractivity contribution in [3.8, 4) is 5.75 Å². The number of carbonyl (C=O) groups is 1. The standard InChI is InChI=1S/C18H20N2O4S/c1-20(25(22,23)17-5-3-2-4-6-17)15-9-11-16(12-10-15)24-13-18(21)19-14-7-8-14/h2-6,9-12,14H,7-8,13H2,1H3,(H,19,21). The van der Waals surface area contributed by atoms with E-state index < -0.39 is 10.0 Å². The Morgan fingerprint density at radius 2 is 1.76 bits per heavy atom. The van der Waals surface area contributed by atoms with Crippen molar-refractivity contribution >= 4 is 21.6 Å². The van der Waals surface area contributed by atoms with Gasteiger partial charge in [0.05, 0.1) is 10.6 Å². The van der Waals surface area contributed by atoms with Crippen LogP contribution in [0.2, 0.25) is 0 Å². The second-order valence-corrected chi connectivity index (χ2v) is 7.88. The number of hydrogen-bond acceptors (Lipinski definition) is 4. The Bertz CT molecular complexity index is 831. The van der Waals surface area contributed by atoms with Gasteiger partial charge >= 0.3 is 0 Å². The zero-order valence-electron chi connectivity index (χ0n) is 13.9. The minimum atomic E-state index is -3.61. The van der Waals surface area contributed by atoms with Crippen LogP contribution in [0.15, 0.2) is 59.5 Å². The maximum absolute atomic E-state index is 12.6. The van der Waals surface area contributed by atoms with Crippen LogP contribution in [-0.4, -0.2) is 34.0 Å². The van der Waals surface area contributed by atoms with Gasteiger partial charge in [-0.15, -0.1) is 0 Å². The number of nitrogens with zero attached hydrogens (tertiary/aromatic N) is 1. The number of benzene rings is 2. The van der Waals surface area contributed by atoms with Crippen molar-refractivity contribution in [2.75, 3.05) is 18.0 Å². The van der Waals surface area contributed by atoms with Crippen molar-refractivity contribution in [2.24, 2.45) is 0 Å². The third kappa shape index (κ3) is 4.30. The predicted molar refractivity (Wildman–Crippen MR) is 95.1 cm³/mol. The first-order valence-corrected chi connectivity index (χ1v) is 9.47. The average molecular weight is 360 g/mol. The minimum Gasteiger partial charge on any atom is -0.484 e. The van der Waals surface area contributed by atoms with E-state index in [1.807, 2.05) is 0 Å². The molecule has 0 atom stereocenters. The Hall–Kier alpha value is -2.54. The van der Waals surface area contributed by atoms with Crippen LogP contribution < -0.4 is 14.4 Å². The van der Waals surface area contributed by atoms with E-state index in [4.69, 9.17) is 4.74 Å². The summed E-state index contributed by atoms with van der Waals surface area (Å²) >= 11 is 0. The van der Waals surface area contributed by atoms with Gasteiger partial charge in [0.25, 0.3) is 15.9 Å². The lowest BCUT2D eigenvalue weighted by Gasteiger charge is -2.19. The number of carbonyl (C=O) groups excluding carboxylic acids is 1. The van der Waals surface area contributed by atoms with Crippen LogP contribution in [0.3, 0.4) is 0 Å². The lowest BCUT2D eigenvalue weighted by Crippen LogP contribution is -2.30. The Kier molecular flexibility index (Phi) is 4.94. The summed E-state index contributed by atoms with van der Waals surface area (Å²) in [5.41, 5.74) is 0.513. The fourth-order valence-electron chi connectivity index (χ4n) is 2.29.